The zero-order chi connectivity index (χ0) is 16.1. The fourth-order valence-electron chi connectivity index (χ4n) is 2.13. The van der Waals surface area contributed by atoms with Crippen molar-refractivity contribution in [3.8, 4) is 10.6 Å². The Balaban J connectivity index is 1.56. The fourth-order valence-corrected chi connectivity index (χ4v) is 3.08. The summed E-state index contributed by atoms with van der Waals surface area (Å²) < 4.78 is 0. The molecule has 3 rings (SSSR count). The lowest BCUT2D eigenvalue weighted by Gasteiger charge is -2.04. The summed E-state index contributed by atoms with van der Waals surface area (Å²) in [7, 11) is 0. The highest BCUT2D eigenvalue weighted by molar-refractivity contribution is 7.13. The van der Waals surface area contributed by atoms with E-state index in [0.29, 0.717) is 11.6 Å². The molecule has 0 atom stereocenters. The van der Waals surface area contributed by atoms with Crippen molar-refractivity contribution in [3.05, 3.63) is 76.3 Å². The lowest BCUT2D eigenvalue weighted by molar-refractivity contribution is -0.120. The maximum Gasteiger partial charge on any atom is 0.226 e. The summed E-state index contributed by atoms with van der Waals surface area (Å²) in [6.45, 7) is 0.492. The summed E-state index contributed by atoms with van der Waals surface area (Å²) >= 11 is 7.40. The van der Waals surface area contributed by atoms with Crippen LogP contribution in [0.2, 0.25) is 5.02 Å². The minimum atomic E-state index is -0.0372. The Morgan fingerprint density at radius 3 is 2.57 bits per heavy atom. The molecule has 0 unspecified atom stereocenters. The van der Waals surface area contributed by atoms with Gasteiger partial charge in [0.25, 0.3) is 0 Å². The van der Waals surface area contributed by atoms with E-state index in [1.54, 1.807) is 11.3 Å². The van der Waals surface area contributed by atoms with Crippen LogP contribution in [0.5, 0.6) is 0 Å². The van der Waals surface area contributed by atoms with E-state index in [0.717, 1.165) is 21.8 Å². The quantitative estimate of drug-likeness (QED) is 0.750. The molecule has 3 aromatic rings. The van der Waals surface area contributed by atoms with Gasteiger partial charge in [0.2, 0.25) is 5.91 Å². The largest absolute Gasteiger partial charge is 0.352 e. The van der Waals surface area contributed by atoms with Crippen molar-refractivity contribution >= 4 is 28.8 Å². The maximum atomic E-state index is 12.0. The molecule has 1 heterocycles. The first kappa shape index (κ1) is 15.7. The second-order valence-corrected chi connectivity index (χ2v) is 6.38. The normalized spacial score (nSPS) is 10.5. The summed E-state index contributed by atoms with van der Waals surface area (Å²) in [5.41, 5.74) is 2.89. The van der Waals surface area contributed by atoms with Gasteiger partial charge in [-0.1, -0.05) is 54.1 Å². The van der Waals surface area contributed by atoms with E-state index in [1.165, 1.54) is 0 Å². The minimum absolute atomic E-state index is 0.0372. The van der Waals surface area contributed by atoms with Gasteiger partial charge in [-0.05, 0) is 17.7 Å². The van der Waals surface area contributed by atoms with E-state index >= 15 is 0 Å². The molecule has 0 fully saturated rings. The summed E-state index contributed by atoms with van der Waals surface area (Å²) in [5.74, 6) is -0.0372. The Labute approximate surface area is 144 Å². The number of thiazole rings is 1. The summed E-state index contributed by atoms with van der Waals surface area (Å²) in [6, 6.07) is 17.4. The molecule has 5 heteroatoms. The second-order valence-electron chi connectivity index (χ2n) is 5.09. The molecule has 1 aromatic heterocycles. The Morgan fingerprint density at radius 1 is 1.09 bits per heavy atom. The first-order valence-electron chi connectivity index (χ1n) is 7.22. The van der Waals surface area contributed by atoms with Crippen LogP contribution >= 0.6 is 22.9 Å². The number of amides is 1. The smallest absolute Gasteiger partial charge is 0.226 e. The average molecular weight is 343 g/mol. The number of benzene rings is 2. The highest BCUT2D eigenvalue weighted by atomic mass is 35.5. The molecular formula is C18H15ClN2OS. The Bertz CT molecular complexity index is 784. The highest BCUT2D eigenvalue weighted by Crippen LogP contribution is 2.23. The molecule has 1 N–H and O–H groups in total. The van der Waals surface area contributed by atoms with Gasteiger partial charge in [-0.3, -0.25) is 4.79 Å². The van der Waals surface area contributed by atoms with Crippen molar-refractivity contribution < 1.29 is 4.79 Å². The number of carbonyl (C=O) groups is 1. The van der Waals surface area contributed by atoms with E-state index in [2.05, 4.69) is 10.3 Å². The molecule has 23 heavy (non-hydrogen) atoms. The van der Waals surface area contributed by atoms with Crippen molar-refractivity contribution in [3.63, 3.8) is 0 Å². The van der Waals surface area contributed by atoms with E-state index in [-0.39, 0.29) is 12.3 Å². The maximum absolute atomic E-state index is 12.0. The highest BCUT2D eigenvalue weighted by Gasteiger charge is 2.08. The first-order chi connectivity index (χ1) is 11.2. The lowest BCUT2D eigenvalue weighted by atomic mass is 10.2. The Kier molecular flexibility index (Phi) is 5.05. The van der Waals surface area contributed by atoms with Crippen molar-refractivity contribution in [2.45, 2.75) is 13.0 Å². The first-order valence-corrected chi connectivity index (χ1v) is 8.47. The van der Waals surface area contributed by atoms with Gasteiger partial charge in [0.1, 0.15) is 5.01 Å². The van der Waals surface area contributed by atoms with Crippen LogP contribution in [0.3, 0.4) is 0 Å². The third-order valence-electron chi connectivity index (χ3n) is 3.32. The molecule has 0 saturated carbocycles. The molecule has 0 spiro atoms. The molecule has 0 aliphatic heterocycles. The van der Waals surface area contributed by atoms with Crippen molar-refractivity contribution in [2.75, 3.05) is 0 Å². The number of nitrogens with one attached hydrogen (secondary N) is 1. The van der Waals surface area contributed by atoms with Gasteiger partial charge in [-0.2, -0.15) is 0 Å². The summed E-state index contributed by atoms with van der Waals surface area (Å²) in [6.07, 6.45) is 0.289. The topological polar surface area (TPSA) is 42.0 Å². The van der Waals surface area contributed by atoms with Crippen LogP contribution in [0.25, 0.3) is 10.6 Å². The van der Waals surface area contributed by atoms with Crippen molar-refractivity contribution in [2.24, 2.45) is 0 Å². The average Bonchev–Trinajstić information content (AvgIpc) is 3.04. The summed E-state index contributed by atoms with van der Waals surface area (Å²) in [4.78, 5) is 16.6. The van der Waals surface area contributed by atoms with Crippen LogP contribution in [0.15, 0.2) is 60.0 Å². The predicted octanol–water partition coefficient (Wildman–Crippen LogP) is 4.32. The van der Waals surface area contributed by atoms with Crippen LogP contribution in [0.1, 0.15) is 11.3 Å². The molecule has 3 nitrogen and oxygen atoms in total. The number of hydrogen-bond acceptors (Lipinski definition) is 3. The standard InChI is InChI=1S/C18H15ClN2OS/c19-15-8-6-13(7-9-15)11-20-17(22)10-16-12-23-18(21-16)14-4-2-1-3-5-14/h1-9,12H,10-11H2,(H,20,22). The number of hydrogen-bond donors (Lipinski definition) is 1. The third-order valence-corrected chi connectivity index (χ3v) is 4.51. The number of aromatic nitrogens is 1. The van der Waals surface area contributed by atoms with E-state index in [9.17, 15) is 4.79 Å². The Morgan fingerprint density at radius 2 is 1.83 bits per heavy atom. The SMILES string of the molecule is O=C(Cc1csc(-c2ccccc2)n1)NCc1ccc(Cl)cc1. The molecular weight excluding hydrogens is 328 g/mol. The second kappa shape index (κ2) is 7.40. The third kappa shape index (κ3) is 4.41. The van der Waals surface area contributed by atoms with Gasteiger partial charge in [-0.15, -0.1) is 11.3 Å². The Hall–Kier alpha value is -2.17. The molecule has 0 radical (unpaired) electrons. The molecule has 0 saturated heterocycles. The molecule has 0 bridgehead atoms. The van der Waals surface area contributed by atoms with Crippen LogP contribution < -0.4 is 5.32 Å². The van der Waals surface area contributed by atoms with Gasteiger partial charge in [0, 0.05) is 22.5 Å². The van der Waals surface area contributed by atoms with E-state index in [1.807, 2.05) is 60.0 Å². The molecule has 1 amide bonds. The van der Waals surface area contributed by atoms with Crippen LogP contribution in [-0.4, -0.2) is 10.9 Å². The number of rotatable bonds is 5. The number of nitrogens with zero attached hydrogens (tertiary/aromatic N) is 1. The monoisotopic (exact) mass is 342 g/mol. The fraction of sp³-hybridized carbons (Fsp3) is 0.111. The molecule has 2 aromatic carbocycles. The van der Waals surface area contributed by atoms with Gasteiger partial charge in [0.05, 0.1) is 12.1 Å². The molecule has 0 aliphatic carbocycles. The number of halogens is 1. The predicted molar refractivity (Wildman–Crippen MR) is 94.6 cm³/mol. The van der Waals surface area contributed by atoms with Gasteiger partial charge >= 0.3 is 0 Å². The van der Waals surface area contributed by atoms with Crippen LogP contribution in [0.4, 0.5) is 0 Å². The van der Waals surface area contributed by atoms with Gasteiger partial charge in [-0.25, -0.2) is 4.98 Å². The zero-order valence-electron chi connectivity index (χ0n) is 12.3. The molecule has 116 valence electrons. The van der Waals surface area contributed by atoms with Crippen molar-refractivity contribution in [1.29, 1.82) is 0 Å². The summed E-state index contributed by atoms with van der Waals surface area (Å²) in [5, 5.41) is 6.46. The van der Waals surface area contributed by atoms with E-state index in [4.69, 9.17) is 11.6 Å². The zero-order valence-corrected chi connectivity index (χ0v) is 13.9. The van der Waals surface area contributed by atoms with Gasteiger partial charge in [0.15, 0.2) is 0 Å². The van der Waals surface area contributed by atoms with Crippen molar-refractivity contribution in [1.82, 2.24) is 10.3 Å². The molecule has 0 aliphatic rings. The number of carbonyl (C=O) groups excluding carboxylic acids is 1. The minimum Gasteiger partial charge on any atom is -0.352 e. The lowest BCUT2D eigenvalue weighted by Crippen LogP contribution is -2.24. The van der Waals surface area contributed by atoms with Crippen LogP contribution in [0, 0.1) is 0 Å². The van der Waals surface area contributed by atoms with Gasteiger partial charge < -0.3 is 5.32 Å². The van der Waals surface area contributed by atoms with Crippen LogP contribution in [-0.2, 0) is 17.8 Å². The van der Waals surface area contributed by atoms with E-state index < -0.39 is 0 Å².